The van der Waals surface area contributed by atoms with Crippen LogP contribution in [0.5, 0.6) is 0 Å². The van der Waals surface area contributed by atoms with Gasteiger partial charge < -0.3 is 9.88 Å². The third kappa shape index (κ3) is 1.39. The smallest absolute Gasteiger partial charge is 0.149 e. The van der Waals surface area contributed by atoms with Gasteiger partial charge in [0.05, 0.1) is 6.04 Å². The molecule has 2 fully saturated rings. The lowest BCUT2D eigenvalue weighted by Gasteiger charge is -2.22. The van der Waals surface area contributed by atoms with Crippen LogP contribution in [0.2, 0.25) is 0 Å². The topological polar surface area (TPSA) is 42.7 Å². The van der Waals surface area contributed by atoms with E-state index in [2.05, 4.69) is 27.0 Å². The zero-order valence-electron chi connectivity index (χ0n) is 10.4. The van der Waals surface area contributed by atoms with Crippen molar-refractivity contribution >= 4 is 0 Å². The van der Waals surface area contributed by atoms with Crippen molar-refractivity contribution < 1.29 is 0 Å². The van der Waals surface area contributed by atoms with Crippen LogP contribution in [-0.2, 0) is 6.54 Å². The van der Waals surface area contributed by atoms with Crippen molar-refractivity contribution in [2.75, 3.05) is 6.54 Å². The third-order valence-electron chi connectivity index (χ3n) is 4.94. The number of rotatable bonds is 1. The first-order chi connectivity index (χ1) is 8.36. The van der Waals surface area contributed by atoms with Crippen LogP contribution in [0.15, 0.2) is 0 Å². The van der Waals surface area contributed by atoms with Crippen LogP contribution in [0.3, 0.4) is 0 Å². The molecule has 0 amide bonds. The van der Waals surface area contributed by atoms with Crippen molar-refractivity contribution in [2.24, 2.45) is 11.8 Å². The standard InChI is InChI=1S/C13H20N4/c1-8-12-15-16-13(17(12)7-6-14-8)11-9-4-2-3-5-10(9)11/h8-11,14H,2-7H2,1H3. The van der Waals surface area contributed by atoms with Crippen molar-refractivity contribution in [3.63, 3.8) is 0 Å². The highest BCUT2D eigenvalue weighted by molar-refractivity contribution is 5.19. The number of hydrogen-bond acceptors (Lipinski definition) is 3. The van der Waals surface area contributed by atoms with Crippen LogP contribution in [-0.4, -0.2) is 21.3 Å². The van der Waals surface area contributed by atoms with Gasteiger partial charge in [0, 0.05) is 19.0 Å². The second-order valence-corrected chi connectivity index (χ2v) is 5.88. The number of nitrogens with one attached hydrogen (secondary N) is 1. The first-order valence-corrected chi connectivity index (χ1v) is 7.02. The molecule has 4 nitrogen and oxygen atoms in total. The summed E-state index contributed by atoms with van der Waals surface area (Å²) in [6.07, 6.45) is 5.70. The molecule has 0 radical (unpaired) electrons. The second-order valence-electron chi connectivity index (χ2n) is 5.88. The van der Waals surface area contributed by atoms with E-state index in [1.54, 1.807) is 0 Å². The van der Waals surface area contributed by atoms with Gasteiger partial charge in [-0.25, -0.2) is 0 Å². The molecule has 17 heavy (non-hydrogen) atoms. The second kappa shape index (κ2) is 3.55. The van der Waals surface area contributed by atoms with Gasteiger partial charge in [-0.05, 0) is 31.6 Å². The van der Waals surface area contributed by atoms with E-state index in [9.17, 15) is 0 Å². The minimum absolute atomic E-state index is 0.366. The fourth-order valence-electron chi connectivity index (χ4n) is 3.98. The molecule has 1 aromatic heterocycles. The molecule has 1 aromatic rings. The molecule has 0 saturated heterocycles. The maximum atomic E-state index is 4.51. The molecule has 0 spiro atoms. The van der Waals surface area contributed by atoms with E-state index in [0.717, 1.165) is 36.7 Å². The molecule has 2 aliphatic carbocycles. The Balaban J connectivity index is 1.67. The Kier molecular flexibility index (Phi) is 2.10. The quantitative estimate of drug-likeness (QED) is 0.803. The number of nitrogens with zero attached hydrogens (tertiary/aromatic N) is 3. The van der Waals surface area contributed by atoms with Crippen molar-refractivity contribution in [1.29, 1.82) is 0 Å². The molecule has 4 rings (SSSR count). The van der Waals surface area contributed by atoms with Crippen LogP contribution < -0.4 is 5.32 Å². The van der Waals surface area contributed by atoms with Crippen molar-refractivity contribution in [3.8, 4) is 0 Å². The number of hydrogen-bond donors (Lipinski definition) is 1. The first kappa shape index (κ1) is 10.1. The van der Waals surface area contributed by atoms with Crippen molar-refractivity contribution in [1.82, 2.24) is 20.1 Å². The molecular formula is C13H20N4. The summed E-state index contributed by atoms with van der Waals surface area (Å²) in [5.74, 6) is 5.05. The van der Waals surface area contributed by atoms with Gasteiger partial charge in [-0.2, -0.15) is 0 Å². The lowest BCUT2D eigenvalue weighted by atomic mass is 10.0. The molecule has 92 valence electrons. The van der Waals surface area contributed by atoms with Gasteiger partial charge in [0.15, 0.2) is 0 Å². The maximum absolute atomic E-state index is 4.51. The third-order valence-corrected chi connectivity index (χ3v) is 4.94. The van der Waals surface area contributed by atoms with E-state index < -0.39 is 0 Å². The van der Waals surface area contributed by atoms with Gasteiger partial charge in [0.25, 0.3) is 0 Å². The monoisotopic (exact) mass is 232 g/mol. The fraction of sp³-hybridized carbons (Fsp3) is 0.846. The molecule has 1 aliphatic heterocycles. The normalized spacial score (nSPS) is 39.6. The summed E-state index contributed by atoms with van der Waals surface area (Å²) in [5.41, 5.74) is 0. The van der Waals surface area contributed by atoms with Crippen LogP contribution in [0.25, 0.3) is 0 Å². The van der Waals surface area contributed by atoms with E-state index in [-0.39, 0.29) is 0 Å². The van der Waals surface area contributed by atoms with Gasteiger partial charge in [0.1, 0.15) is 11.6 Å². The molecule has 0 aromatic carbocycles. The summed E-state index contributed by atoms with van der Waals surface area (Å²) in [5, 5.41) is 12.4. The van der Waals surface area contributed by atoms with Crippen molar-refractivity contribution in [2.45, 2.75) is 51.1 Å². The molecule has 3 unspecified atom stereocenters. The summed E-state index contributed by atoms with van der Waals surface area (Å²) >= 11 is 0. The van der Waals surface area contributed by atoms with Crippen LogP contribution >= 0.6 is 0 Å². The van der Waals surface area contributed by atoms with Gasteiger partial charge in [-0.3, -0.25) is 0 Å². The molecule has 3 atom stereocenters. The van der Waals surface area contributed by atoms with Crippen LogP contribution in [0, 0.1) is 11.8 Å². The first-order valence-electron chi connectivity index (χ1n) is 7.02. The van der Waals surface area contributed by atoms with E-state index in [1.807, 2.05) is 0 Å². The lowest BCUT2D eigenvalue weighted by Crippen LogP contribution is -2.32. The van der Waals surface area contributed by atoms with E-state index in [0.29, 0.717) is 6.04 Å². The summed E-state index contributed by atoms with van der Waals surface area (Å²) < 4.78 is 2.39. The molecule has 0 bridgehead atoms. The average molecular weight is 232 g/mol. The van der Waals surface area contributed by atoms with Gasteiger partial charge in [-0.15, -0.1) is 10.2 Å². The molecular weight excluding hydrogens is 212 g/mol. The molecule has 1 N–H and O–H groups in total. The number of aromatic nitrogens is 3. The Labute approximate surface area is 102 Å². The fourth-order valence-corrected chi connectivity index (χ4v) is 3.98. The summed E-state index contributed by atoms with van der Waals surface area (Å²) in [7, 11) is 0. The average Bonchev–Trinajstić information content (AvgIpc) is 2.92. The largest absolute Gasteiger partial charge is 0.312 e. The molecule has 4 heteroatoms. The van der Waals surface area contributed by atoms with Crippen molar-refractivity contribution in [3.05, 3.63) is 11.6 Å². The Hall–Kier alpha value is -0.900. The predicted molar refractivity (Wildman–Crippen MR) is 64.6 cm³/mol. The predicted octanol–water partition coefficient (Wildman–Crippen LogP) is 1.85. The van der Waals surface area contributed by atoms with Gasteiger partial charge in [0.2, 0.25) is 0 Å². The zero-order chi connectivity index (χ0) is 11.4. The van der Waals surface area contributed by atoms with Gasteiger partial charge >= 0.3 is 0 Å². The van der Waals surface area contributed by atoms with Crippen LogP contribution in [0.4, 0.5) is 0 Å². The van der Waals surface area contributed by atoms with E-state index >= 15 is 0 Å². The maximum Gasteiger partial charge on any atom is 0.149 e. The Morgan fingerprint density at radius 3 is 2.59 bits per heavy atom. The molecule has 2 saturated carbocycles. The SMILES string of the molecule is CC1NCCn2c1nnc2C1C2CCCCC21. The van der Waals surface area contributed by atoms with Gasteiger partial charge in [-0.1, -0.05) is 12.8 Å². The minimum Gasteiger partial charge on any atom is -0.312 e. The highest BCUT2D eigenvalue weighted by atomic mass is 15.3. The Morgan fingerprint density at radius 2 is 1.82 bits per heavy atom. The lowest BCUT2D eigenvalue weighted by molar-refractivity contribution is 0.428. The summed E-state index contributed by atoms with van der Waals surface area (Å²) in [6, 6.07) is 0.366. The highest BCUT2D eigenvalue weighted by Gasteiger charge is 2.54. The van der Waals surface area contributed by atoms with E-state index in [1.165, 1.54) is 31.5 Å². The minimum atomic E-state index is 0.366. The Bertz CT molecular complexity index is 427. The zero-order valence-corrected chi connectivity index (χ0v) is 10.4. The number of fused-ring (bicyclic) bond motifs is 2. The summed E-state index contributed by atoms with van der Waals surface area (Å²) in [6.45, 7) is 4.29. The molecule has 2 heterocycles. The van der Waals surface area contributed by atoms with E-state index in [4.69, 9.17) is 0 Å². The summed E-state index contributed by atoms with van der Waals surface area (Å²) in [4.78, 5) is 0. The molecule has 3 aliphatic rings. The van der Waals surface area contributed by atoms with Crippen LogP contribution in [0.1, 0.15) is 56.2 Å². The highest BCUT2D eigenvalue weighted by Crippen LogP contribution is 2.60. The Morgan fingerprint density at radius 1 is 1.12 bits per heavy atom.